The SMILES string of the molecule is O=C(O)C(CCCF)c1ccc(Br)cc1. The van der Waals surface area contributed by atoms with E-state index in [1.807, 2.05) is 0 Å². The predicted octanol–water partition coefficient (Wildman–Crippen LogP) is 3.37. The summed E-state index contributed by atoms with van der Waals surface area (Å²) in [5.74, 6) is -1.50. The van der Waals surface area contributed by atoms with Crippen molar-refractivity contribution in [2.24, 2.45) is 0 Å². The summed E-state index contributed by atoms with van der Waals surface area (Å²) in [5.41, 5.74) is 0.721. The van der Waals surface area contributed by atoms with E-state index in [1.54, 1.807) is 24.3 Å². The van der Waals surface area contributed by atoms with E-state index >= 15 is 0 Å². The van der Waals surface area contributed by atoms with Gasteiger partial charge in [0.15, 0.2) is 0 Å². The summed E-state index contributed by atoms with van der Waals surface area (Å²) in [4.78, 5) is 11.0. The zero-order chi connectivity index (χ0) is 11.3. The lowest BCUT2D eigenvalue weighted by Gasteiger charge is -2.11. The standard InChI is InChI=1S/C11H12BrFO2/c12-9-5-3-8(4-6-9)10(11(14)15)2-1-7-13/h3-6,10H,1-2,7H2,(H,14,15). The maximum absolute atomic E-state index is 12.0. The topological polar surface area (TPSA) is 37.3 Å². The Labute approximate surface area is 96.2 Å². The number of hydrogen-bond donors (Lipinski definition) is 1. The van der Waals surface area contributed by atoms with Crippen LogP contribution in [0.2, 0.25) is 0 Å². The Hall–Kier alpha value is -0.900. The summed E-state index contributed by atoms with van der Waals surface area (Å²) in [6.45, 7) is -0.472. The van der Waals surface area contributed by atoms with Crippen molar-refractivity contribution in [1.82, 2.24) is 0 Å². The Kier molecular flexibility index (Phi) is 4.75. The van der Waals surface area contributed by atoms with Gasteiger partial charge in [-0.1, -0.05) is 28.1 Å². The highest BCUT2D eigenvalue weighted by Gasteiger charge is 2.18. The molecule has 0 aromatic heterocycles. The molecule has 0 fully saturated rings. The molecule has 82 valence electrons. The molecule has 2 nitrogen and oxygen atoms in total. The molecule has 1 aromatic carbocycles. The Morgan fingerprint density at radius 2 is 2.00 bits per heavy atom. The molecule has 0 bridgehead atoms. The van der Waals surface area contributed by atoms with Gasteiger partial charge in [-0.3, -0.25) is 9.18 Å². The Balaban J connectivity index is 2.79. The monoisotopic (exact) mass is 274 g/mol. The van der Waals surface area contributed by atoms with Gasteiger partial charge in [-0.15, -0.1) is 0 Å². The van der Waals surface area contributed by atoms with E-state index in [1.165, 1.54) is 0 Å². The van der Waals surface area contributed by atoms with E-state index in [9.17, 15) is 9.18 Å². The fourth-order valence-electron chi connectivity index (χ4n) is 1.41. The average molecular weight is 275 g/mol. The second-order valence-corrected chi connectivity index (χ2v) is 4.19. The van der Waals surface area contributed by atoms with E-state index in [2.05, 4.69) is 15.9 Å². The highest BCUT2D eigenvalue weighted by molar-refractivity contribution is 9.10. The van der Waals surface area contributed by atoms with Crippen molar-refractivity contribution in [3.05, 3.63) is 34.3 Å². The van der Waals surface area contributed by atoms with Crippen LogP contribution in [0.4, 0.5) is 4.39 Å². The molecule has 0 aliphatic carbocycles. The number of benzene rings is 1. The van der Waals surface area contributed by atoms with Gasteiger partial charge >= 0.3 is 5.97 Å². The number of carbonyl (C=O) groups is 1. The second-order valence-electron chi connectivity index (χ2n) is 3.27. The molecule has 4 heteroatoms. The minimum atomic E-state index is -0.897. The predicted molar refractivity (Wildman–Crippen MR) is 59.7 cm³/mol. The molecule has 1 atom stereocenters. The molecule has 1 rings (SSSR count). The fraction of sp³-hybridized carbons (Fsp3) is 0.364. The molecule has 0 amide bonds. The number of alkyl halides is 1. The summed E-state index contributed by atoms with van der Waals surface area (Å²) >= 11 is 3.28. The van der Waals surface area contributed by atoms with Gasteiger partial charge < -0.3 is 5.11 Å². The van der Waals surface area contributed by atoms with E-state index in [0.29, 0.717) is 6.42 Å². The van der Waals surface area contributed by atoms with Crippen molar-refractivity contribution in [3.8, 4) is 0 Å². The van der Waals surface area contributed by atoms with Gasteiger partial charge in [0, 0.05) is 4.47 Å². The van der Waals surface area contributed by atoms with Crippen LogP contribution < -0.4 is 0 Å². The summed E-state index contributed by atoms with van der Waals surface area (Å²) in [5, 5.41) is 8.99. The third kappa shape index (κ3) is 3.63. The summed E-state index contributed by atoms with van der Waals surface area (Å²) in [6.07, 6.45) is 0.625. The van der Waals surface area contributed by atoms with Crippen LogP contribution >= 0.6 is 15.9 Å². The van der Waals surface area contributed by atoms with Crippen molar-refractivity contribution in [3.63, 3.8) is 0 Å². The Morgan fingerprint density at radius 1 is 1.40 bits per heavy atom. The first-order chi connectivity index (χ1) is 7.15. The van der Waals surface area contributed by atoms with Crippen LogP contribution in [0, 0.1) is 0 Å². The lowest BCUT2D eigenvalue weighted by Crippen LogP contribution is -2.11. The number of carboxylic acids is 1. The first-order valence-electron chi connectivity index (χ1n) is 4.69. The number of halogens is 2. The smallest absolute Gasteiger partial charge is 0.310 e. The summed E-state index contributed by atoms with van der Waals surface area (Å²) < 4.78 is 12.9. The van der Waals surface area contributed by atoms with E-state index in [-0.39, 0.29) is 6.42 Å². The van der Waals surface area contributed by atoms with Crippen LogP contribution in [0.15, 0.2) is 28.7 Å². The van der Waals surface area contributed by atoms with Crippen molar-refractivity contribution < 1.29 is 14.3 Å². The quantitative estimate of drug-likeness (QED) is 0.894. The number of aliphatic carboxylic acids is 1. The first kappa shape index (κ1) is 12.2. The molecular weight excluding hydrogens is 263 g/mol. The summed E-state index contributed by atoms with van der Waals surface area (Å²) in [7, 11) is 0. The third-order valence-electron chi connectivity index (χ3n) is 2.20. The lowest BCUT2D eigenvalue weighted by atomic mass is 9.95. The van der Waals surface area contributed by atoms with Gasteiger partial charge in [-0.2, -0.15) is 0 Å². The third-order valence-corrected chi connectivity index (χ3v) is 2.73. The molecule has 0 aliphatic rings. The van der Waals surface area contributed by atoms with Crippen LogP contribution in [0.1, 0.15) is 24.3 Å². The van der Waals surface area contributed by atoms with Gasteiger partial charge in [0.1, 0.15) is 0 Å². The van der Waals surface area contributed by atoms with E-state index in [4.69, 9.17) is 5.11 Å². The maximum Gasteiger partial charge on any atom is 0.310 e. The van der Waals surface area contributed by atoms with Crippen molar-refractivity contribution in [2.45, 2.75) is 18.8 Å². The lowest BCUT2D eigenvalue weighted by molar-refractivity contribution is -0.139. The molecule has 0 heterocycles. The molecule has 0 spiro atoms. The van der Waals surface area contributed by atoms with Gasteiger partial charge in [0.05, 0.1) is 12.6 Å². The molecule has 0 aliphatic heterocycles. The summed E-state index contributed by atoms with van der Waals surface area (Å²) in [6, 6.07) is 7.09. The van der Waals surface area contributed by atoms with Crippen molar-refractivity contribution >= 4 is 21.9 Å². The van der Waals surface area contributed by atoms with E-state index < -0.39 is 18.6 Å². The van der Waals surface area contributed by atoms with Gasteiger partial charge in [-0.25, -0.2) is 0 Å². The minimum Gasteiger partial charge on any atom is -0.481 e. The molecule has 0 saturated heterocycles. The number of carboxylic acid groups (broad SMARTS) is 1. The van der Waals surface area contributed by atoms with Crippen LogP contribution in [0.3, 0.4) is 0 Å². The van der Waals surface area contributed by atoms with Crippen molar-refractivity contribution in [1.29, 1.82) is 0 Å². The molecule has 1 unspecified atom stereocenters. The van der Waals surface area contributed by atoms with E-state index in [0.717, 1.165) is 10.0 Å². The average Bonchev–Trinajstić information content (AvgIpc) is 2.21. The number of hydrogen-bond acceptors (Lipinski definition) is 1. The highest BCUT2D eigenvalue weighted by atomic mass is 79.9. The Morgan fingerprint density at radius 3 is 2.47 bits per heavy atom. The van der Waals surface area contributed by atoms with Crippen LogP contribution in [0.25, 0.3) is 0 Å². The minimum absolute atomic E-state index is 0.285. The van der Waals surface area contributed by atoms with Gasteiger partial charge in [0.25, 0.3) is 0 Å². The van der Waals surface area contributed by atoms with Gasteiger partial charge in [-0.05, 0) is 30.5 Å². The number of rotatable bonds is 5. The zero-order valence-electron chi connectivity index (χ0n) is 8.12. The van der Waals surface area contributed by atoms with Crippen LogP contribution in [0.5, 0.6) is 0 Å². The molecular formula is C11H12BrFO2. The largest absolute Gasteiger partial charge is 0.481 e. The van der Waals surface area contributed by atoms with Crippen LogP contribution in [-0.4, -0.2) is 17.8 Å². The molecule has 0 saturated carbocycles. The normalized spacial score (nSPS) is 12.4. The fourth-order valence-corrected chi connectivity index (χ4v) is 1.67. The first-order valence-corrected chi connectivity index (χ1v) is 5.48. The Bertz CT molecular complexity index is 324. The second kappa shape index (κ2) is 5.85. The molecule has 1 N–H and O–H groups in total. The highest BCUT2D eigenvalue weighted by Crippen LogP contribution is 2.23. The zero-order valence-corrected chi connectivity index (χ0v) is 9.71. The maximum atomic E-state index is 12.0. The molecule has 0 radical (unpaired) electrons. The molecule has 15 heavy (non-hydrogen) atoms. The molecule has 1 aromatic rings. The van der Waals surface area contributed by atoms with Gasteiger partial charge in [0.2, 0.25) is 0 Å². The van der Waals surface area contributed by atoms with Crippen molar-refractivity contribution in [2.75, 3.05) is 6.67 Å². The van der Waals surface area contributed by atoms with Crippen LogP contribution in [-0.2, 0) is 4.79 Å².